The molecular weight excluding hydrogens is 218 g/mol. The van der Waals surface area contributed by atoms with Gasteiger partial charge < -0.3 is 5.73 Å². The zero-order chi connectivity index (χ0) is 12.0. The van der Waals surface area contributed by atoms with Crippen molar-refractivity contribution in [2.24, 2.45) is 11.7 Å². The summed E-state index contributed by atoms with van der Waals surface area (Å²) in [6.07, 6.45) is 3.79. The van der Waals surface area contributed by atoms with Gasteiger partial charge in [0.05, 0.1) is 4.88 Å². The third kappa shape index (κ3) is 4.06. The lowest BCUT2D eigenvalue weighted by Gasteiger charge is -2.12. The van der Waals surface area contributed by atoms with Crippen LogP contribution >= 0.6 is 11.3 Å². The number of rotatable bonds is 7. The van der Waals surface area contributed by atoms with Crippen LogP contribution in [0.25, 0.3) is 0 Å². The highest BCUT2D eigenvalue weighted by Crippen LogP contribution is 2.20. The smallest absolute Gasteiger partial charge is 0.172 e. The van der Waals surface area contributed by atoms with Gasteiger partial charge in [0.1, 0.15) is 0 Å². The second-order valence-corrected chi connectivity index (χ2v) is 5.51. The van der Waals surface area contributed by atoms with Gasteiger partial charge in [0, 0.05) is 11.3 Å². The molecule has 1 heterocycles. The van der Waals surface area contributed by atoms with Crippen molar-refractivity contribution >= 4 is 17.1 Å². The second-order valence-electron chi connectivity index (χ2n) is 4.22. The third-order valence-corrected chi connectivity index (χ3v) is 3.99. The molecule has 0 bridgehead atoms. The standard InChI is InChI=1S/C13H21NOS/c1-3-11(8-9-14)5-6-12(15)13-7-4-10(2)16-13/h4,7,11H,3,5-6,8-9,14H2,1-2H3. The number of hydrogen-bond acceptors (Lipinski definition) is 3. The Kier molecular flexibility index (Phi) is 5.71. The molecule has 1 aromatic rings. The van der Waals surface area contributed by atoms with E-state index in [0.717, 1.165) is 30.7 Å². The molecule has 1 atom stereocenters. The van der Waals surface area contributed by atoms with E-state index in [0.29, 0.717) is 12.3 Å². The van der Waals surface area contributed by atoms with Crippen LogP contribution in [-0.4, -0.2) is 12.3 Å². The molecule has 0 radical (unpaired) electrons. The minimum absolute atomic E-state index is 0.286. The molecule has 0 aromatic carbocycles. The molecule has 0 aliphatic heterocycles. The maximum atomic E-state index is 11.9. The summed E-state index contributed by atoms with van der Waals surface area (Å²) in [5.41, 5.74) is 5.54. The first kappa shape index (κ1) is 13.4. The largest absolute Gasteiger partial charge is 0.330 e. The van der Waals surface area contributed by atoms with E-state index in [-0.39, 0.29) is 5.78 Å². The van der Waals surface area contributed by atoms with Crippen LogP contribution in [0, 0.1) is 12.8 Å². The van der Waals surface area contributed by atoms with E-state index in [1.165, 1.54) is 4.88 Å². The zero-order valence-corrected chi connectivity index (χ0v) is 11.0. The van der Waals surface area contributed by atoms with Crippen molar-refractivity contribution in [3.05, 3.63) is 21.9 Å². The fourth-order valence-electron chi connectivity index (χ4n) is 1.83. The van der Waals surface area contributed by atoms with Crippen molar-refractivity contribution in [3.8, 4) is 0 Å². The van der Waals surface area contributed by atoms with Gasteiger partial charge in [0.2, 0.25) is 0 Å². The highest BCUT2D eigenvalue weighted by molar-refractivity contribution is 7.14. The van der Waals surface area contributed by atoms with Gasteiger partial charge in [0.25, 0.3) is 0 Å². The van der Waals surface area contributed by atoms with Gasteiger partial charge in [-0.3, -0.25) is 4.79 Å². The molecule has 0 amide bonds. The van der Waals surface area contributed by atoms with Crippen LogP contribution in [-0.2, 0) is 0 Å². The fraction of sp³-hybridized carbons (Fsp3) is 0.615. The Morgan fingerprint density at radius 2 is 2.19 bits per heavy atom. The maximum Gasteiger partial charge on any atom is 0.172 e. The minimum Gasteiger partial charge on any atom is -0.330 e. The highest BCUT2D eigenvalue weighted by atomic mass is 32.1. The molecule has 0 aliphatic rings. The highest BCUT2D eigenvalue weighted by Gasteiger charge is 2.11. The van der Waals surface area contributed by atoms with E-state index in [4.69, 9.17) is 5.73 Å². The van der Waals surface area contributed by atoms with Crippen molar-refractivity contribution < 1.29 is 4.79 Å². The maximum absolute atomic E-state index is 11.9. The quantitative estimate of drug-likeness (QED) is 0.741. The molecule has 1 unspecified atom stereocenters. The Morgan fingerprint density at radius 1 is 1.44 bits per heavy atom. The van der Waals surface area contributed by atoms with Crippen LogP contribution in [0.2, 0.25) is 0 Å². The first-order valence-corrected chi connectivity index (χ1v) is 6.78. The molecule has 2 nitrogen and oxygen atoms in total. The molecule has 90 valence electrons. The number of carbonyl (C=O) groups is 1. The van der Waals surface area contributed by atoms with E-state index < -0.39 is 0 Å². The molecule has 0 saturated heterocycles. The van der Waals surface area contributed by atoms with E-state index in [1.54, 1.807) is 11.3 Å². The summed E-state index contributed by atoms with van der Waals surface area (Å²) in [5, 5.41) is 0. The van der Waals surface area contributed by atoms with Crippen molar-refractivity contribution in [1.29, 1.82) is 0 Å². The molecular formula is C13H21NOS. The molecule has 2 N–H and O–H groups in total. The number of nitrogens with two attached hydrogens (primary N) is 1. The Morgan fingerprint density at radius 3 is 2.69 bits per heavy atom. The number of ketones is 1. The summed E-state index contributed by atoms with van der Waals surface area (Å²) in [6.45, 7) is 4.93. The Balaban J connectivity index is 2.40. The number of hydrogen-bond donors (Lipinski definition) is 1. The zero-order valence-electron chi connectivity index (χ0n) is 10.2. The first-order chi connectivity index (χ1) is 7.67. The van der Waals surface area contributed by atoms with Crippen LogP contribution < -0.4 is 5.73 Å². The SMILES string of the molecule is CCC(CCN)CCC(=O)c1ccc(C)s1. The molecule has 0 saturated carbocycles. The molecule has 0 spiro atoms. The average Bonchev–Trinajstić information content (AvgIpc) is 2.70. The lowest BCUT2D eigenvalue weighted by molar-refractivity contribution is 0.0976. The summed E-state index contributed by atoms with van der Waals surface area (Å²) in [4.78, 5) is 14.0. The third-order valence-electron chi connectivity index (χ3n) is 2.95. The van der Waals surface area contributed by atoms with Crippen molar-refractivity contribution in [2.45, 2.75) is 39.5 Å². The first-order valence-electron chi connectivity index (χ1n) is 5.97. The lowest BCUT2D eigenvalue weighted by atomic mass is 9.95. The monoisotopic (exact) mass is 239 g/mol. The van der Waals surface area contributed by atoms with Gasteiger partial charge in [-0.25, -0.2) is 0 Å². The molecule has 3 heteroatoms. The molecule has 1 rings (SSSR count). The van der Waals surface area contributed by atoms with Crippen molar-refractivity contribution in [2.75, 3.05) is 6.54 Å². The Hall–Kier alpha value is -0.670. The molecule has 0 fully saturated rings. The van der Waals surface area contributed by atoms with Crippen LogP contribution in [0.3, 0.4) is 0 Å². The van der Waals surface area contributed by atoms with E-state index in [1.807, 2.05) is 19.1 Å². The van der Waals surface area contributed by atoms with Crippen LogP contribution in [0.4, 0.5) is 0 Å². The van der Waals surface area contributed by atoms with Gasteiger partial charge in [-0.15, -0.1) is 11.3 Å². The summed E-state index contributed by atoms with van der Waals surface area (Å²) < 4.78 is 0. The van der Waals surface area contributed by atoms with Gasteiger partial charge in [-0.2, -0.15) is 0 Å². The van der Waals surface area contributed by atoms with E-state index in [9.17, 15) is 4.79 Å². The van der Waals surface area contributed by atoms with Crippen LogP contribution in [0.5, 0.6) is 0 Å². The predicted molar refractivity (Wildman–Crippen MR) is 70.1 cm³/mol. The van der Waals surface area contributed by atoms with Gasteiger partial charge in [0.15, 0.2) is 5.78 Å². The van der Waals surface area contributed by atoms with Crippen LogP contribution in [0.1, 0.15) is 47.2 Å². The minimum atomic E-state index is 0.286. The topological polar surface area (TPSA) is 43.1 Å². The lowest BCUT2D eigenvalue weighted by Crippen LogP contribution is -2.09. The van der Waals surface area contributed by atoms with E-state index in [2.05, 4.69) is 6.92 Å². The molecule has 0 aliphatic carbocycles. The average molecular weight is 239 g/mol. The number of carbonyl (C=O) groups excluding carboxylic acids is 1. The summed E-state index contributed by atoms with van der Waals surface area (Å²) >= 11 is 1.59. The number of Topliss-reactive ketones (excluding diaryl/α,β-unsaturated/α-hetero) is 1. The summed E-state index contributed by atoms with van der Waals surface area (Å²) in [7, 11) is 0. The second kappa shape index (κ2) is 6.81. The Labute approximate surface area is 102 Å². The van der Waals surface area contributed by atoms with Crippen molar-refractivity contribution in [3.63, 3.8) is 0 Å². The number of thiophene rings is 1. The Bertz CT molecular complexity index is 332. The van der Waals surface area contributed by atoms with Gasteiger partial charge in [-0.05, 0) is 44.4 Å². The number of aryl methyl sites for hydroxylation is 1. The normalized spacial score (nSPS) is 12.7. The molecule has 16 heavy (non-hydrogen) atoms. The van der Waals surface area contributed by atoms with Gasteiger partial charge in [-0.1, -0.05) is 13.3 Å². The van der Waals surface area contributed by atoms with Gasteiger partial charge >= 0.3 is 0 Å². The molecule has 1 aromatic heterocycles. The van der Waals surface area contributed by atoms with E-state index >= 15 is 0 Å². The van der Waals surface area contributed by atoms with Crippen molar-refractivity contribution in [1.82, 2.24) is 0 Å². The fourth-order valence-corrected chi connectivity index (χ4v) is 2.67. The predicted octanol–water partition coefficient (Wildman–Crippen LogP) is 3.39. The summed E-state index contributed by atoms with van der Waals surface area (Å²) in [5.74, 6) is 0.892. The summed E-state index contributed by atoms with van der Waals surface area (Å²) in [6, 6.07) is 3.95. The van der Waals surface area contributed by atoms with Crippen LogP contribution in [0.15, 0.2) is 12.1 Å².